The standard InChI is InChI=1S/C22H20FN3O3/c1-3-29-21(27)13-6-16-4-9-18(10-5-16)25-22(28)20-14-24-26(15(20)2)19-11-7-17(23)8-12-19/h4-14H,3H2,1-2H3,(H,25,28)/b13-6+. The van der Waals surface area contributed by atoms with Crippen molar-refractivity contribution >= 4 is 23.6 Å². The number of aromatic nitrogens is 2. The van der Waals surface area contributed by atoms with Crippen LogP contribution in [0.2, 0.25) is 0 Å². The number of halogens is 1. The molecule has 0 aliphatic rings. The first kappa shape index (κ1) is 20.0. The number of rotatable bonds is 6. The number of esters is 1. The Balaban J connectivity index is 1.69. The van der Waals surface area contributed by atoms with E-state index in [2.05, 4.69) is 10.4 Å². The Morgan fingerprint density at radius 2 is 1.83 bits per heavy atom. The van der Waals surface area contributed by atoms with Gasteiger partial charge in [0.15, 0.2) is 0 Å². The minimum atomic E-state index is -0.404. The second-order valence-electron chi connectivity index (χ2n) is 6.19. The first-order valence-electron chi connectivity index (χ1n) is 9.04. The number of nitrogens with zero attached hydrogens (tertiary/aromatic N) is 2. The molecule has 0 bridgehead atoms. The Hall–Kier alpha value is -3.74. The number of hydrogen-bond acceptors (Lipinski definition) is 4. The van der Waals surface area contributed by atoms with E-state index in [9.17, 15) is 14.0 Å². The van der Waals surface area contributed by atoms with Crippen molar-refractivity contribution < 1.29 is 18.7 Å². The van der Waals surface area contributed by atoms with Crippen molar-refractivity contribution in [3.8, 4) is 5.69 Å². The van der Waals surface area contributed by atoms with Gasteiger partial charge in [-0.1, -0.05) is 12.1 Å². The highest BCUT2D eigenvalue weighted by Crippen LogP contribution is 2.17. The number of nitrogens with one attached hydrogen (secondary N) is 1. The highest BCUT2D eigenvalue weighted by atomic mass is 19.1. The third-order valence-electron chi connectivity index (χ3n) is 4.19. The number of carbonyl (C=O) groups excluding carboxylic acids is 2. The average molecular weight is 393 g/mol. The van der Waals surface area contributed by atoms with Crippen molar-refractivity contribution in [1.29, 1.82) is 0 Å². The number of ether oxygens (including phenoxy) is 1. The molecule has 0 spiro atoms. The summed E-state index contributed by atoms with van der Waals surface area (Å²) in [4.78, 5) is 24.0. The van der Waals surface area contributed by atoms with Gasteiger partial charge in [0.2, 0.25) is 0 Å². The van der Waals surface area contributed by atoms with Crippen molar-refractivity contribution in [2.24, 2.45) is 0 Å². The molecule has 6 nitrogen and oxygen atoms in total. The molecule has 0 saturated heterocycles. The molecule has 3 rings (SSSR count). The maximum atomic E-state index is 13.1. The van der Waals surface area contributed by atoms with E-state index in [0.717, 1.165) is 5.56 Å². The minimum Gasteiger partial charge on any atom is -0.463 e. The molecule has 0 saturated carbocycles. The Labute approximate surface area is 167 Å². The van der Waals surface area contributed by atoms with Gasteiger partial charge >= 0.3 is 5.97 Å². The molecule has 0 unspecified atom stereocenters. The Morgan fingerprint density at radius 1 is 1.14 bits per heavy atom. The second-order valence-corrected chi connectivity index (χ2v) is 6.19. The van der Waals surface area contributed by atoms with E-state index >= 15 is 0 Å². The van der Waals surface area contributed by atoms with Crippen LogP contribution in [0.5, 0.6) is 0 Å². The van der Waals surface area contributed by atoms with Crippen molar-refractivity contribution in [3.63, 3.8) is 0 Å². The third-order valence-corrected chi connectivity index (χ3v) is 4.19. The van der Waals surface area contributed by atoms with Gasteiger partial charge in [0.05, 0.1) is 29.7 Å². The van der Waals surface area contributed by atoms with Crippen LogP contribution in [0.3, 0.4) is 0 Å². The summed E-state index contributed by atoms with van der Waals surface area (Å²) in [6.45, 7) is 3.84. The van der Waals surface area contributed by atoms with Gasteiger partial charge in [0, 0.05) is 11.8 Å². The van der Waals surface area contributed by atoms with E-state index in [4.69, 9.17) is 4.74 Å². The minimum absolute atomic E-state index is 0.300. The molecule has 0 aliphatic heterocycles. The van der Waals surface area contributed by atoms with Crippen LogP contribution in [0.25, 0.3) is 11.8 Å². The smallest absolute Gasteiger partial charge is 0.330 e. The van der Waals surface area contributed by atoms with Gasteiger partial charge in [0.25, 0.3) is 5.91 Å². The quantitative estimate of drug-likeness (QED) is 0.504. The summed E-state index contributed by atoms with van der Waals surface area (Å²) in [5.74, 6) is -1.04. The normalized spacial score (nSPS) is 10.9. The number of carbonyl (C=O) groups is 2. The zero-order valence-corrected chi connectivity index (χ0v) is 16.1. The van der Waals surface area contributed by atoms with Gasteiger partial charge in [-0.2, -0.15) is 5.10 Å². The molecule has 7 heteroatoms. The van der Waals surface area contributed by atoms with Gasteiger partial charge in [-0.25, -0.2) is 13.9 Å². The number of anilines is 1. The summed E-state index contributed by atoms with van der Waals surface area (Å²) in [7, 11) is 0. The number of amides is 1. The first-order chi connectivity index (χ1) is 14.0. The van der Waals surface area contributed by atoms with Crippen LogP contribution in [-0.4, -0.2) is 28.3 Å². The summed E-state index contributed by atoms with van der Waals surface area (Å²) < 4.78 is 19.5. The van der Waals surface area contributed by atoms with Gasteiger partial charge in [-0.05, 0) is 61.9 Å². The monoisotopic (exact) mass is 393 g/mol. The average Bonchev–Trinajstić information content (AvgIpc) is 3.10. The summed E-state index contributed by atoms with van der Waals surface area (Å²) in [5, 5.41) is 7.05. The fraction of sp³-hybridized carbons (Fsp3) is 0.136. The van der Waals surface area contributed by atoms with Crippen LogP contribution in [0, 0.1) is 12.7 Å². The summed E-state index contributed by atoms with van der Waals surface area (Å²) in [6.07, 6.45) is 4.47. The van der Waals surface area contributed by atoms with Crippen LogP contribution in [0.4, 0.5) is 10.1 Å². The molecule has 1 heterocycles. The Kier molecular flexibility index (Phi) is 6.19. The van der Waals surface area contributed by atoms with Crippen molar-refractivity contribution in [3.05, 3.63) is 83.4 Å². The van der Waals surface area contributed by atoms with Gasteiger partial charge in [-0.15, -0.1) is 0 Å². The Bertz CT molecular complexity index is 1040. The predicted octanol–water partition coefficient (Wildman–Crippen LogP) is 4.15. The Morgan fingerprint density at radius 3 is 2.48 bits per heavy atom. The predicted molar refractivity (Wildman–Crippen MR) is 108 cm³/mol. The van der Waals surface area contributed by atoms with Crippen molar-refractivity contribution in [2.75, 3.05) is 11.9 Å². The van der Waals surface area contributed by atoms with E-state index < -0.39 is 5.97 Å². The maximum absolute atomic E-state index is 13.1. The molecule has 0 aliphatic carbocycles. The molecule has 1 aromatic heterocycles. The van der Waals surface area contributed by atoms with E-state index in [1.54, 1.807) is 61.0 Å². The number of benzene rings is 2. The van der Waals surface area contributed by atoms with Gasteiger partial charge < -0.3 is 10.1 Å². The highest BCUT2D eigenvalue weighted by molar-refractivity contribution is 6.05. The van der Waals surface area contributed by atoms with E-state index in [1.807, 2.05) is 0 Å². The van der Waals surface area contributed by atoms with Crippen LogP contribution in [-0.2, 0) is 9.53 Å². The lowest BCUT2D eigenvalue weighted by Crippen LogP contribution is -2.13. The highest BCUT2D eigenvalue weighted by Gasteiger charge is 2.15. The van der Waals surface area contributed by atoms with Crippen molar-refractivity contribution in [2.45, 2.75) is 13.8 Å². The van der Waals surface area contributed by atoms with E-state index in [0.29, 0.717) is 29.2 Å². The fourth-order valence-corrected chi connectivity index (χ4v) is 2.71. The molecule has 3 aromatic rings. The molecule has 29 heavy (non-hydrogen) atoms. The molecular weight excluding hydrogens is 373 g/mol. The lowest BCUT2D eigenvalue weighted by molar-refractivity contribution is -0.137. The molecule has 148 valence electrons. The second kappa shape index (κ2) is 8.97. The fourth-order valence-electron chi connectivity index (χ4n) is 2.71. The van der Waals surface area contributed by atoms with Gasteiger partial charge in [0.1, 0.15) is 5.82 Å². The lowest BCUT2D eigenvalue weighted by atomic mass is 10.2. The maximum Gasteiger partial charge on any atom is 0.330 e. The zero-order chi connectivity index (χ0) is 20.8. The van der Waals surface area contributed by atoms with Crippen LogP contribution in [0.1, 0.15) is 28.5 Å². The molecule has 0 fully saturated rings. The first-order valence-corrected chi connectivity index (χ1v) is 9.04. The molecule has 0 radical (unpaired) electrons. The molecular formula is C22H20FN3O3. The summed E-state index contributed by atoms with van der Waals surface area (Å²) >= 11 is 0. The van der Waals surface area contributed by atoms with Crippen LogP contribution < -0.4 is 5.32 Å². The SMILES string of the molecule is CCOC(=O)/C=C/c1ccc(NC(=O)c2cnn(-c3ccc(F)cc3)c2C)cc1. The topological polar surface area (TPSA) is 73.2 Å². The molecule has 1 N–H and O–H groups in total. The lowest BCUT2D eigenvalue weighted by Gasteiger charge is -2.07. The molecule has 0 atom stereocenters. The van der Waals surface area contributed by atoms with Gasteiger partial charge in [-0.3, -0.25) is 4.79 Å². The molecule has 2 aromatic carbocycles. The van der Waals surface area contributed by atoms with Crippen LogP contribution in [0.15, 0.2) is 60.8 Å². The molecule has 1 amide bonds. The van der Waals surface area contributed by atoms with Crippen molar-refractivity contribution in [1.82, 2.24) is 9.78 Å². The van der Waals surface area contributed by atoms with Crippen LogP contribution >= 0.6 is 0 Å². The van der Waals surface area contributed by atoms with E-state index in [1.165, 1.54) is 24.4 Å². The number of hydrogen-bond donors (Lipinski definition) is 1. The zero-order valence-electron chi connectivity index (χ0n) is 16.1. The summed E-state index contributed by atoms with van der Waals surface area (Å²) in [6, 6.07) is 12.9. The largest absolute Gasteiger partial charge is 0.463 e. The van der Waals surface area contributed by atoms with E-state index in [-0.39, 0.29) is 11.7 Å². The summed E-state index contributed by atoms with van der Waals surface area (Å²) in [5.41, 5.74) is 3.14. The third kappa shape index (κ3) is 4.95.